The van der Waals surface area contributed by atoms with Crippen LogP contribution in [-0.2, 0) is 6.54 Å². The topological polar surface area (TPSA) is 99.9 Å². The lowest BCUT2D eigenvalue weighted by Crippen LogP contribution is -2.02. The monoisotopic (exact) mass is 441 g/mol. The number of thioether (sulfide) groups is 1. The minimum Gasteiger partial charge on any atom is -0.479 e. The maximum absolute atomic E-state index is 13.5. The maximum Gasteiger partial charge on any atom is 0.306 e. The van der Waals surface area contributed by atoms with Crippen LogP contribution < -0.4 is 5.32 Å². The van der Waals surface area contributed by atoms with E-state index in [4.69, 9.17) is 9.40 Å². The average molecular weight is 442 g/mol. The van der Waals surface area contributed by atoms with E-state index in [9.17, 15) is 9.50 Å². The molecule has 1 atom stereocenters. The highest BCUT2D eigenvalue weighted by Crippen LogP contribution is 2.33. The molecule has 0 fully saturated rings. The third kappa shape index (κ3) is 4.66. The highest BCUT2D eigenvalue weighted by Gasteiger charge is 2.18. The molecule has 0 aliphatic heterocycles. The van der Waals surface area contributed by atoms with Crippen LogP contribution in [0.2, 0.25) is 0 Å². The Morgan fingerprint density at radius 3 is 2.90 bits per heavy atom. The molecular weight excluding hydrogens is 417 g/mol. The predicted octanol–water partition coefficient (Wildman–Crippen LogP) is 5.30. The van der Waals surface area contributed by atoms with Crippen LogP contribution in [0.5, 0.6) is 5.95 Å². The van der Waals surface area contributed by atoms with E-state index in [0.29, 0.717) is 23.8 Å². The van der Waals surface area contributed by atoms with Gasteiger partial charge in [0.1, 0.15) is 17.7 Å². The van der Waals surface area contributed by atoms with Crippen LogP contribution in [0.15, 0.2) is 46.1 Å². The van der Waals surface area contributed by atoms with Crippen molar-refractivity contribution in [3.05, 3.63) is 53.8 Å². The van der Waals surface area contributed by atoms with E-state index in [1.165, 1.54) is 11.8 Å². The summed E-state index contributed by atoms with van der Waals surface area (Å²) in [6.45, 7) is 4.16. The second-order valence-corrected chi connectivity index (χ2v) is 8.27. The molecule has 0 saturated carbocycles. The van der Waals surface area contributed by atoms with Crippen molar-refractivity contribution in [1.29, 1.82) is 0 Å². The summed E-state index contributed by atoms with van der Waals surface area (Å²) >= 11 is 1.51. The molecule has 4 rings (SSSR count). The fourth-order valence-electron chi connectivity index (χ4n) is 3.31. The fourth-order valence-corrected chi connectivity index (χ4v) is 3.69. The van der Waals surface area contributed by atoms with E-state index in [2.05, 4.69) is 20.3 Å². The first-order chi connectivity index (χ1) is 14.9. The zero-order valence-electron chi connectivity index (χ0n) is 17.5. The molecule has 3 aromatic heterocycles. The number of H-pyrrole nitrogens is 1. The van der Waals surface area contributed by atoms with Crippen molar-refractivity contribution in [2.75, 3.05) is 11.6 Å². The summed E-state index contributed by atoms with van der Waals surface area (Å²) in [5.74, 6) is 0.928. The molecule has 162 valence electrons. The number of hydrogen-bond donors (Lipinski definition) is 3. The number of nitrogens with zero attached hydrogens (tertiary/aromatic N) is 3. The summed E-state index contributed by atoms with van der Waals surface area (Å²) in [6, 6.07) is 3.77. The van der Waals surface area contributed by atoms with Crippen molar-refractivity contribution in [2.24, 2.45) is 0 Å². The van der Waals surface area contributed by atoms with Gasteiger partial charge in [-0.1, -0.05) is 37.8 Å². The molecule has 7 nitrogen and oxygen atoms in total. The molecule has 1 aliphatic rings. The zero-order chi connectivity index (χ0) is 22.0. The molecule has 31 heavy (non-hydrogen) atoms. The molecule has 3 N–H and O–H groups in total. The number of alkyl halides is 1. The lowest BCUT2D eigenvalue weighted by Gasteiger charge is -2.10. The van der Waals surface area contributed by atoms with Crippen LogP contribution in [0, 0.1) is 0 Å². The molecule has 3 heterocycles. The Balaban J connectivity index is 1.58. The van der Waals surface area contributed by atoms with Crippen molar-refractivity contribution in [3.63, 3.8) is 0 Å². The van der Waals surface area contributed by atoms with Gasteiger partial charge >= 0.3 is 5.95 Å². The first-order valence-electron chi connectivity index (χ1n) is 10.00. The Labute approximate surface area is 183 Å². The number of rotatable bonds is 7. The number of aromatic hydroxyl groups is 1. The minimum atomic E-state index is -0.947. The molecule has 3 aromatic rings. The minimum absolute atomic E-state index is 0.0680. The van der Waals surface area contributed by atoms with Crippen molar-refractivity contribution in [2.45, 2.75) is 44.1 Å². The van der Waals surface area contributed by atoms with Gasteiger partial charge in [0.15, 0.2) is 5.16 Å². The van der Waals surface area contributed by atoms with Crippen LogP contribution in [0.4, 0.5) is 10.2 Å². The van der Waals surface area contributed by atoms with E-state index in [-0.39, 0.29) is 18.4 Å². The Kier molecular flexibility index (Phi) is 6.13. The maximum atomic E-state index is 13.5. The predicted molar refractivity (Wildman–Crippen MR) is 120 cm³/mol. The number of imidazole rings is 1. The van der Waals surface area contributed by atoms with Crippen molar-refractivity contribution < 1.29 is 13.9 Å². The lowest BCUT2D eigenvalue weighted by atomic mass is 10.00. The number of halogens is 1. The average Bonchev–Trinajstić information content (AvgIpc) is 3.37. The highest BCUT2D eigenvalue weighted by atomic mass is 32.2. The number of anilines is 1. The number of pyridine rings is 1. The fraction of sp³-hybridized carbons (Fsp3) is 0.318. The first kappa shape index (κ1) is 21.2. The summed E-state index contributed by atoms with van der Waals surface area (Å²) < 4.78 is 18.8. The molecule has 0 radical (unpaired) electrons. The van der Waals surface area contributed by atoms with Gasteiger partial charge in [-0.05, 0) is 30.0 Å². The molecule has 0 bridgehead atoms. The van der Waals surface area contributed by atoms with Crippen LogP contribution in [-0.4, -0.2) is 37.5 Å². The standard InChI is InChI=1S/C22H24FN5O2S/c1-12(2)18-21(29)30-17(26-18)11-25-16-10-14(8-9-24-16)20-19(27-22(28-20)31-3)13-4-6-15(23)7-5-13/h4-6,8-10,12,15,29H,7,11H2,1-3H3,(H,24,25)(H,27,28). The third-order valence-electron chi connectivity index (χ3n) is 4.89. The smallest absolute Gasteiger partial charge is 0.306 e. The molecule has 0 spiro atoms. The Hall–Kier alpha value is -3.07. The summed E-state index contributed by atoms with van der Waals surface area (Å²) in [5.41, 5.74) is 3.95. The summed E-state index contributed by atoms with van der Waals surface area (Å²) in [5, 5.41) is 13.8. The van der Waals surface area contributed by atoms with Gasteiger partial charge in [-0.15, -0.1) is 0 Å². The number of hydrogen-bond acceptors (Lipinski definition) is 7. The lowest BCUT2D eigenvalue weighted by molar-refractivity contribution is 0.314. The highest BCUT2D eigenvalue weighted by molar-refractivity contribution is 7.98. The molecule has 0 saturated heterocycles. The molecule has 1 aliphatic carbocycles. The molecule has 9 heteroatoms. The summed E-state index contributed by atoms with van der Waals surface area (Å²) in [7, 11) is 0. The van der Waals surface area contributed by atoms with Gasteiger partial charge in [0.2, 0.25) is 5.89 Å². The van der Waals surface area contributed by atoms with Crippen LogP contribution in [0.25, 0.3) is 16.8 Å². The van der Waals surface area contributed by atoms with Crippen molar-refractivity contribution in [3.8, 4) is 17.2 Å². The van der Waals surface area contributed by atoms with Gasteiger partial charge in [0.05, 0.1) is 17.9 Å². The van der Waals surface area contributed by atoms with E-state index in [1.54, 1.807) is 18.3 Å². The van der Waals surface area contributed by atoms with Gasteiger partial charge in [0, 0.05) is 24.1 Å². The molecular formula is C22H24FN5O2S. The summed E-state index contributed by atoms with van der Waals surface area (Å²) in [4.78, 5) is 16.7. The second-order valence-electron chi connectivity index (χ2n) is 7.48. The largest absolute Gasteiger partial charge is 0.479 e. The first-order valence-corrected chi connectivity index (χ1v) is 11.2. The van der Waals surface area contributed by atoms with Crippen LogP contribution >= 0.6 is 11.8 Å². The van der Waals surface area contributed by atoms with Crippen molar-refractivity contribution in [1.82, 2.24) is 19.9 Å². The molecule has 1 unspecified atom stereocenters. The number of oxazole rings is 1. The second kappa shape index (κ2) is 8.97. The van der Waals surface area contributed by atoms with E-state index in [0.717, 1.165) is 27.7 Å². The van der Waals surface area contributed by atoms with E-state index >= 15 is 0 Å². The molecule has 0 amide bonds. The van der Waals surface area contributed by atoms with Gasteiger partial charge in [-0.3, -0.25) is 0 Å². The SMILES string of the molecule is CSc1nc(-c2ccnc(NCc3nc(C(C)C)c(O)o3)c2)c(C2=CCC(F)C=C2)[nH]1. The normalized spacial score (nSPS) is 16.0. The molecule has 0 aromatic carbocycles. The zero-order valence-corrected chi connectivity index (χ0v) is 18.3. The Morgan fingerprint density at radius 2 is 2.23 bits per heavy atom. The number of nitrogens with one attached hydrogen (secondary N) is 2. The number of aromatic amines is 1. The van der Waals surface area contributed by atoms with Gasteiger partial charge in [0.25, 0.3) is 0 Å². The third-order valence-corrected chi connectivity index (χ3v) is 5.47. The number of allylic oxidation sites excluding steroid dienone is 4. The van der Waals surface area contributed by atoms with Crippen LogP contribution in [0.3, 0.4) is 0 Å². The Morgan fingerprint density at radius 1 is 1.39 bits per heavy atom. The van der Waals surface area contributed by atoms with Gasteiger partial charge in [-0.2, -0.15) is 0 Å². The quantitative estimate of drug-likeness (QED) is 0.428. The van der Waals surface area contributed by atoms with E-state index < -0.39 is 6.17 Å². The van der Waals surface area contributed by atoms with Crippen molar-refractivity contribution >= 4 is 23.2 Å². The van der Waals surface area contributed by atoms with Gasteiger partial charge < -0.3 is 19.8 Å². The number of aromatic nitrogens is 4. The summed E-state index contributed by atoms with van der Waals surface area (Å²) in [6.07, 6.45) is 8.29. The Bertz CT molecular complexity index is 1130. The van der Waals surface area contributed by atoms with Gasteiger partial charge in [-0.25, -0.2) is 19.3 Å². The van der Waals surface area contributed by atoms with E-state index in [1.807, 2.05) is 38.3 Å². The van der Waals surface area contributed by atoms with Crippen LogP contribution in [0.1, 0.15) is 43.5 Å².